The van der Waals surface area contributed by atoms with E-state index in [1.807, 2.05) is 41.2 Å². The van der Waals surface area contributed by atoms with Crippen LogP contribution < -0.4 is 5.32 Å². The number of nitrogens with zero attached hydrogens (tertiary/aromatic N) is 3. The number of carbonyl (C=O) groups is 1. The Morgan fingerprint density at radius 2 is 1.85 bits per heavy atom. The topological polar surface area (TPSA) is 50.2 Å². The third-order valence-corrected chi connectivity index (χ3v) is 5.68. The summed E-state index contributed by atoms with van der Waals surface area (Å²) in [5, 5.41) is 7.40. The molecule has 1 saturated carbocycles. The monoisotopic (exact) mass is 354 g/mol. The van der Waals surface area contributed by atoms with Crippen molar-refractivity contribution in [2.24, 2.45) is 0 Å². The fourth-order valence-corrected chi connectivity index (χ4v) is 3.86. The van der Waals surface area contributed by atoms with Gasteiger partial charge in [-0.1, -0.05) is 37.8 Å². The molecule has 3 rings (SSSR count). The van der Waals surface area contributed by atoms with Crippen LogP contribution in [0.5, 0.6) is 0 Å². The highest BCUT2D eigenvalue weighted by atomic mass is 16.1. The van der Waals surface area contributed by atoms with E-state index in [-0.39, 0.29) is 11.4 Å². The van der Waals surface area contributed by atoms with Crippen molar-refractivity contribution in [3.8, 4) is 0 Å². The Morgan fingerprint density at radius 1 is 1.15 bits per heavy atom. The summed E-state index contributed by atoms with van der Waals surface area (Å²) in [5.74, 6) is 0.0149. The van der Waals surface area contributed by atoms with Gasteiger partial charge in [0.15, 0.2) is 0 Å². The van der Waals surface area contributed by atoms with Gasteiger partial charge in [-0.05, 0) is 50.7 Å². The Labute approximate surface area is 156 Å². The van der Waals surface area contributed by atoms with E-state index in [0.717, 1.165) is 30.5 Å². The molecule has 5 heteroatoms. The van der Waals surface area contributed by atoms with Gasteiger partial charge in [0.2, 0.25) is 0 Å². The molecule has 0 aliphatic heterocycles. The molecular weight excluding hydrogens is 324 g/mol. The van der Waals surface area contributed by atoms with E-state index in [9.17, 15) is 4.79 Å². The predicted octanol–water partition coefficient (Wildman–Crippen LogP) is 3.32. The molecule has 1 N–H and O–H groups in total. The van der Waals surface area contributed by atoms with Gasteiger partial charge in [0.1, 0.15) is 0 Å². The number of carbonyl (C=O) groups excluding carboxylic acids is 1. The van der Waals surface area contributed by atoms with E-state index in [1.54, 1.807) is 6.20 Å². The maximum Gasteiger partial charge on any atom is 0.251 e. The second-order valence-corrected chi connectivity index (χ2v) is 7.62. The number of rotatable bonds is 6. The molecule has 1 aromatic heterocycles. The van der Waals surface area contributed by atoms with Gasteiger partial charge < -0.3 is 10.2 Å². The van der Waals surface area contributed by atoms with Crippen molar-refractivity contribution >= 4 is 5.91 Å². The maximum atomic E-state index is 12.6. The molecule has 0 bridgehead atoms. The van der Waals surface area contributed by atoms with E-state index in [2.05, 4.69) is 29.4 Å². The van der Waals surface area contributed by atoms with Gasteiger partial charge in [-0.25, -0.2) is 0 Å². The molecule has 0 atom stereocenters. The van der Waals surface area contributed by atoms with Crippen LogP contribution in [0.25, 0.3) is 0 Å². The van der Waals surface area contributed by atoms with Crippen molar-refractivity contribution in [2.75, 3.05) is 20.6 Å². The van der Waals surface area contributed by atoms with Crippen LogP contribution in [-0.2, 0) is 6.54 Å². The molecule has 1 aliphatic rings. The van der Waals surface area contributed by atoms with Crippen LogP contribution in [0.2, 0.25) is 0 Å². The number of likely N-dealkylation sites (N-methyl/N-ethyl adjacent to an activating group) is 1. The number of hydrogen-bond donors (Lipinski definition) is 1. The first-order valence-electron chi connectivity index (χ1n) is 9.61. The smallest absolute Gasteiger partial charge is 0.251 e. The SMILES string of the molecule is CN(C)C1(CNC(=O)c2ccc(Cn3cccn3)cc2)CCCCCC1. The van der Waals surface area contributed by atoms with Crippen molar-refractivity contribution in [2.45, 2.75) is 50.6 Å². The fraction of sp³-hybridized carbons (Fsp3) is 0.524. The molecule has 5 nitrogen and oxygen atoms in total. The first-order valence-corrected chi connectivity index (χ1v) is 9.61. The number of hydrogen-bond acceptors (Lipinski definition) is 3. The summed E-state index contributed by atoms with van der Waals surface area (Å²) >= 11 is 0. The molecule has 1 aromatic carbocycles. The van der Waals surface area contributed by atoms with Gasteiger partial charge in [0.05, 0.1) is 6.54 Å². The van der Waals surface area contributed by atoms with Crippen LogP contribution in [0.1, 0.15) is 54.4 Å². The lowest BCUT2D eigenvalue weighted by Crippen LogP contribution is -2.52. The maximum absolute atomic E-state index is 12.6. The lowest BCUT2D eigenvalue weighted by Gasteiger charge is -2.39. The molecule has 2 aromatic rings. The second kappa shape index (κ2) is 8.49. The number of aromatic nitrogens is 2. The molecule has 0 saturated heterocycles. The van der Waals surface area contributed by atoms with E-state index in [0.29, 0.717) is 6.54 Å². The molecule has 1 aliphatic carbocycles. The van der Waals surface area contributed by atoms with Crippen molar-refractivity contribution < 1.29 is 4.79 Å². The number of amides is 1. The Kier molecular flexibility index (Phi) is 6.09. The molecule has 140 valence electrons. The average molecular weight is 354 g/mol. The lowest BCUT2D eigenvalue weighted by molar-refractivity contribution is 0.0869. The van der Waals surface area contributed by atoms with Crippen LogP contribution in [0.3, 0.4) is 0 Å². The largest absolute Gasteiger partial charge is 0.350 e. The van der Waals surface area contributed by atoms with Crippen LogP contribution in [0.15, 0.2) is 42.7 Å². The predicted molar refractivity (Wildman–Crippen MR) is 104 cm³/mol. The fourth-order valence-electron chi connectivity index (χ4n) is 3.86. The first-order chi connectivity index (χ1) is 12.6. The van der Waals surface area contributed by atoms with Gasteiger partial charge in [0.25, 0.3) is 5.91 Å². The highest BCUT2D eigenvalue weighted by Gasteiger charge is 2.33. The van der Waals surface area contributed by atoms with E-state index in [1.165, 1.54) is 25.7 Å². The lowest BCUT2D eigenvalue weighted by atomic mass is 9.88. The van der Waals surface area contributed by atoms with Gasteiger partial charge in [-0.15, -0.1) is 0 Å². The second-order valence-electron chi connectivity index (χ2n) is 7.62. The zero-order valence-electron chi connectivity index (χ0n) is 15.9. The summed E-state index contributed by atoms with van der Waals surface area (Å²) < 4.78 is 1.88. The van der Waals surface area contributed by atoms with E-state index in [4.69, 9.17) is 0 Å². The zero-order valence-corrected chi connectivity index (χ0v) is 15.9. The minimum absolute atomic E-state index is 0.0149. The minimum atomic E-state index is 0.0149. The average Bonchev–Trinajstić information content (AvgIpc) is 3.02. The van der Waals surface area contributed by atoms with Crippen molar-refractivity contribution in [1.82, 2.24) is 20.0 Å². The molecular formula is C21H30N4O. The van der Waals surface area contributed by atoms with Gasteiger partial charge in [-0.2, -0.15) is 5.10 Å². The third-order valence-electron chi connectivity index (χ3n) is 5.68. The summed E-state index contributed by atoms with van der Waals surface area (Å²) in [5.41, 5.74) is 1.95. The van der Waals surface area contributed by atoms with Crippen molar-refractivity contribution in [3.63, 3.8) is 0 Å². The zero-order chi connectivity index (χ0) is 18.4. The molecule has 0 spiro atoms. The van der Waals surface area contributed by atoms with Gasteiger partial charge in [-0.3, -0.25) is 9.48 Å². The molecule has 0 radical (unpaired) electrons. The highest BCUT2D eigenvalue weighted by molar-refractivity contribution is 5.94. The van der Waals surface area contributed by atoms with Gasteiger partial charge >= 0.3 is 0 Å². The summed E-state index contributed by atoms with van der Waals surface area (Å²) in [7, 11) is 4.28. The van der Waals surface area contributed by atoms with E-state index >= 15 is 0 Å². The molecule has 1 heterocycles. The normalized spacial score (nSPS) is 17.0. The van der Waals surface area contributed by atoms with Crippen LogP contribution in [0.4, 0.5) is 0 Å². The van der Waals surface area contributed by atoms with Gasteiger partial charge in [0, 0.05) is 30.0 Å². The Morgan fingerprint density at radius 3 is 2.42 bits per heavy atom. The van der Waals surface area contributed by atoms with Crippen molar-refractivity contribution in [1.29, 1.82) is 0 Å². The standard InChI is InChI=1S/C21H30N4O/c1-24(2)21(12-5-3-4-6-13-21)17-22-20(26)19-10-8-18(9-11-19)16-25-15-7-14-23-25/h7-11,14-15H,3-6,12-13,16-17H2,1-2H3,(H,22,26). The molecule has 26 heavy (non-hydrogen) atoms. The van der Waals surface area contributed by atoms with Crippen LogP contribution in [-0.4, -0.2) is 46.8 Å². The highest BCUT2D eigenvalue weighted by Crippen LogP contribution is 2.30. The Hall–Kier alpha value is -2.14. The molecule has 1 fully saturated rings. The molecule has 1 amide bonds. The summed E-state index contributed by atoms with van der Waals surface area (Å²) in [6.45, 7) is 1.44. The summed E-state index contributed by atoms with van der Waals surface area (Å²) in [4.78, 5) is 14.9. The summed E-state index contributed by atoms with van der Waals surface area (Å²) in [6.07, 6.45) is 11.1. The summed E-state index contributed by atoms with van der Waals surface area (Å²) in [6, 6.07) is 9.73. The number of nitrogens with one attached hydrogen (secondary N) is 1. The number of benzene rings is 1. The Bertz CT molecular complexity index is 683. The third kappa shape index (κ3) is 4.52. The van der Waals surface area contributed by atoms with Crippen LogP contribution in [0, 0.1) is 0 Å². The van der Waals surface area contributed by atoms with Crippen LogP contribution >= 0.6 is 0 Å². The quantitative estimate of drug-likeness (QED) is 0.810. The first kappa shape index (κ1) is 18.6. The van der Waals surface area contributed by atoms with Crippen molar-refractivity contribution in [3.05, 3.63) is 53.9 Å². The minimum Gasteiger partial charge on any atom is -0.350 e. The molecule has 0 unspecified atom stereocenters. The van der Waals surface area contributed by atoms with E-state index < -0.39 is 0 Å². The Balaban J connectivity index is 1.60.